The molecule has 3 heterocycles. The summed E-state index contributed by atoms with van der Waals surface area (Å²) in [5, 5.41) is 8.60. The predicted octanol–water partition coefficient (Wildman–Crippen LogP) is 4.46. The molecule has 3 aromatic carbocycles. The van der Waals surface area contributed by atoms with Crippen LogP contribution in [-0.4, -0.2) is 31.7 Å². The second kappa shape index (κ2) is 8.42. The number of aromatic nitrogens is 4. The van der Waals surface area contributed by atoms with Crippen molar-refractivity contribution in [3.05, 3.63) is 102 Å². The van der Waals surface area contributed by atoms with E-state index in [1.165, 1.54) is 4.68 Å². The van der Waals surface area contributed by atoms with E-state index in [9.17, 15) is 4.79 Å². The zero-order chi connectivity index (χ0) is 23.8. The van der Waals surface area contributed by atoms with Crippen LogP contribution in [0.25, 0.3) is 33.1 Å². The minimum atomic E-state index is -0.332. The number of carbonyl (C=O) groups excluding carboxylic acids is 1. The third-order valence-corrected chi connectivity index (χ3v) is 5.93. The third-order valence-electron chi connectivity index (χ3n) is 5.93. The molecule has 35 heavy (non-hydrogen) atoms. The van der Waals surface area contributed by atoms with Crippen LogP contribution in [-0.2, 0) is 6.54 Å². The summed E-state index contributed by atoms with van der Waals surface area (Å²) in [6.45, 7) is 0.366. The van der Waals surface area contributed by atoms with Crippen LogP contribution in [0.3, 0.4) is 0 Å². The summed E-state index contributed by atoms with van der Waals surface area (Å²) in [4.78, 5) is 26.0. The maximum atomic E-state index is 13.3. The number of hydrogen-bond donors (Lipinski definition) is 3. The molecule has 0 fully saturated rings. The SMILES string of the molecule is Nc1c(C(=O)NCc2ccccc2)c2nc3ccccc3nc2n1N=Cc1c[nH]c2ccccc12. The van der Waals surface area contributed by atoms with Crippen molar-refractivity contribution in [2.75, 3.05) is 5.73 Å². The second-order valence-electron chi connectivity index (χ2n) is 8.16. The van der Waals surface area contributed by atoms with Gasteiger partial charge in [-0.2, -0.15) is 9.78 Å². The van der Waals surface area contributed by atoms with E-state index in [0.29, 0.717) is 28.7 Å². The minimum Gasteiger partial charge on any atom is -0.383 e. The Bertz CT molecular complexity index is 1730. The molecule has 0 aliphatic heterocycles. The van der Waals surface area contributed by atoms with Crippen molar-refractivity contribution in [1.82, 2.24) is 24.9 Å². The molecule has 0 aliphatic rings. The van der Waals surface area contributed by atoms with E-state index in [-0.39, 0.29) is 17.3 Å². The van der Waals surface area contributed by atoms with E-state index in [1.54, 1.807) is 6.21 Å². The standard InChI is InChI=1S/C27H21N7O/c28-25-23(27(35)30-14-17-8-2-1-3-9-17)24-26(33-22-13-7-6-12-21(22)32-24)34(25)31-16-18-15-29-20-11-5-4-10-19(18)20/h1-13,15-16,29H,14,28H2,(H,30,35). The number of fused-ring (bicyclic) bond motifs is 3. The Labute approximate surface area is 200 Å². The van der Waals surface area contributed by atoms with Gasteiger partial charge in [0.05, 0.1) is 17.2 Å². The molecule has 3 aromatic heterocycles. The Morgan fingerprint density at radius 1 is 0.971 bits per heavy atom. The van der Waals surface area contributed by atoms with Crippen LogP contribution < -0.4 is 11.1 Å². The summed E-state index contributed by atoms with van der Waals surface area (Å²) in [5.41, 5.74) is 11.8. The lowest BCUT2D eigenvalue weighted by molar-refractivity contribution is 0.0953. The lowest BCUT2D eigenvalue weighted by atomic mass is 10.2. The number of nitrogen functional groups attached to an aromatic ring is 1. The largest absolute Gasteiger partial charge is 0.383 e. The predicted molar refractivity (Wildman–Crippen MR) is 138 cm³/mol. The number of para-hydroxylation sites is 3. The quantitative estimate of drug-likeness (QED) is 0.330. The number of nitrogens with zero attached hydrogens (tertiary/aromatic N) is 4. The number of nitrogens with one attached hydrogen (secondary N) is 2. The normalized spacial score (nSPS) is 11.7. The molecule has 1 amide bonds. The number of rotatable bonds is 5. The van der Waals surface area contributed by atoms with Gasteiger partial charge in [0, 0.05) is 29.2 Å². The molecular formula is C27H21N7O. The average Bonchev–Trinajstić information content (AvgIpc) is 3.43. The molecule has 0 radical (unpaired) electrons. The molecule has 6 rings (SSSR count). The van der Waals surface area contributed by atoms with Gasteiger partial charge in [-0.05, 0) is 23.8 Å². The summed E-state index contributed by atoms with van der Waals surface area (Å²) < 4.78 is 1.48. The van der Waals surface area contributed by atoms with E-state index in [2.05, 4.69) is 15.4 Å². The first kappa shape index (κ1) is 20.6. The smallest absolute Gasteiger partial charge is 0.257 e. The van der Waals surface area contributed by atoms with Gasteiger partial charge in [0.15, 0.2) is 5.65 Å². The van der Waals surface area contributed by atoms with Crippen LogP contribution in [0.15, 0.2) is 90.2 Å². The van der Waals surface area contributed by atoms with Crippen LogP contribution in [0, 0.1) is 0 Å². The topological polar surface area (TPSA) is 114 Å². The first-order valence-electron chi connectivity index (χ1n) is 11.2. The molecule has 0 saturated carbocycles. The fraction of sp³-hybridized carbons (Fsp3) is 0.0370. The van der Waals surface area contributed by atoms with Crippen LogP contribution in [0.4, 0.5) is 5.82 Å². The number of benzene rings is 3. The van der Waals surface area contributed by atoms with Crippen molar-refractivity contribution in [1.29, 1.82) is 0 Å². The van der Waals surface area contributed by atoms with Gasteiger partial charge in [-0.3, -0.25) is 4.79 Å². The Balaban J connectivity index is 1.46. The van der Waals surface area contributed by atoms with Crippen LogP contribution in [0.2, 0.25) is 0 Å². The highest BCUT2D eigenvalue weighted by molar-refractivity contribution is 6.11. The van der Waals surface area contributed by atoms with Crippen molar-refractivity contribution in [3.8, 4) is 0 Å². The lowest BCUT2D eigenvalue weighted by Crippen LogP contribution is -2.23. The zero-order valence-electron chi connectivity index (χ0n) is 18.6. The summed E-state index contributed by atoms with van der Waals surface area (Å²) in [7, 11) is 0. The zero-order valence-corrected chi connectivity index (χ0v) is 18.6. The van der Waals surface area contributed by atoms with Gasteiger partial charge in [0.2, 0.25) is 0 Å². The Morgan fingerprint density at radius 2 is 1.69 bits per heavy atom. The van der Waals surface area contributed by atoms with Gasteiger partial charge >= 0.3 is 0 Å². The van der Waals surface area contributed by atoms with Crippen molar-refractivity contribution in [2.45, 2.75) is 6.54 Å². The fourth-order valence-corrected chi connectivity index (χ4v) is 4.18. The number of anilines is 1. The molecule has 8 heteroatoms. The maximum absolute atomic E-state index is 13.3. The molecule has 0 aliphatic carbocycles. The van der Waals surface area contributed by atoms with Gasteiger partial charge in [-0.25, -0.2) is 9.97 Å². The van der Waals surface area contributed by atoms with Gasteiger partial charge < -0.3 is 16.0 Å². The van der Waals surface area contributed by atoms with E-state index >= 15 is 0 Å². The van der Waals surface area contributed by atoms with Crippen LogP contribution in [0.1, 0.15) is 21.5 Å². The van der Waals surface area contributed by atoms with Gasteiger partial charge in [-0.1, -0.05) is 60.7 Å². The molecule has 0 bridgehead atoms. The third kappa shape index (κ3) is 3.67. The lowest BCUT2D eigenvalue weighted by Gasteiger charge is -2.05. The number of nitrogens with two attached hydrogens (primary N) is 1. The number of H-pyrrole nitrogens is 1. The Morgan fingerprint density at radius 3 is 2.51 bits per heavy atom. The van der Waals surface area contributed by atoms with E-state index in [1.807, 2.05) is 85.1 Å². The highest BCUT2D eigenvalue weighted by atomic mass is 16.1. The monoisotopic (exact) mass is 459 g/mol. The van der Waals surface area contributed by atoms with E-state index in [4.69, 9.17) is 15.7 Å². The molecule has 8 nitrogen and oxygen atoms in total. The molecule has 6 aromatic rings. The van der Waals surface area contributed by atoms with E-state index in [0.717, 1.165) is 22.0 Å². The van der Waals surface area contributed by atoms with Crippen molar-refractivity contribution in [3.63, 3.8) is 0 Å². The number of amides is 1. The van der Waals surface area contributed by atoms with Crippen molar-refractivity contribution < 1.29 is 4.79 Å². The fourth-order valence-electron chi connectivity index (χ4n) is 4.18. The number of hydrogen-bond acceptors (Lipinski definition) is 5. The summed E-state index contributed by atoms with van der Waals surface area (Å²) in [6, 6.07) is 25.1. The van der Waals surface area contributed by atoms with Gasteiger partial charge in [-0.15, -0.1) is 0 Å². The molecule has 0 atom stereocenters. The van der Waals surface area contributed by atoms with Crippen LogP contribution >= 0.6 is 0 Å². The molecule has 0 unspecified atom stereocenters. The van der Waals surface area contributed by atoms with E-state index < -0.39 is 0 Å². The maximum Gasteiger partial charge on any atom is 0.257 e. The molecule has 170 valence electrons. The highest BCUT2D eigenvalue weighted by Crippen LogP contribution is 2.28. The van der Waals surface area contributed by atoms with Crippen molar-refractivity contribution >= 4 is 51.0 Å². The molecule has 4 N–H and O–H groups in total. The first-order chi connectivity index (χ1) is 17.2. The van der Waals surface area contributed by atoms with Crippen molar-refractivity contribution in [2.24, 2.45) is 5.10 Å². The molecule has 0 spiro atoms. The summed E-state index contributed by atoms with van der Waals surface area (Å²) >= 11 is 0. The molecular weight excluding hydrogens is 438 g/mol. The minimum absolute atomic E-state index is 0.178. The summed E-state index contributed by atoms with van der Waals surface area (Å²) in [6.07, 6.45) is 3.59. The average molecular weight is 460 g/mol. The first-order valence-corrected chi connectivity index (χ1v) is 11.2. The van der Waals surface area contributed by atoms with Gasteiger partial charge in [0.25, 0.3) is 5.91 Å². The Kier molecular flexibility index (Phi) is 4.96. The molecule has 0 saturated heterocycles. The second-order valence-corrected chi connectivity index (χ2v) is 8.16. The van der Waals surface area contributed by atoms with Crippen LogP contribution in [0.5, 0.6) is 0 Å². The Hall–Kier alpha value is -4.98. The highest BCUT2D eigenvalue weighted by Gasteiger charge is 2.24. The number of aromatic amines is 1. The number of carbonyl (C=O) groups is 1. The summed E-state index contributed by atoms with van der Waals surface area (Å²) in [5.74, 6) is -0.154. The van der Waals surface area contributed by atoms with Gasteiger partial charge in [0.1, 0.15) is 16.9 Å².